The van der Waals surface area contributed by atoms with Crippen molar-refractivity contribution < 1.29 is 0 Å². The summed E-state index contributed by atoms with van der Waals surface area (Å²) >= 11 is 9.59. The van der Waals surface area contributed by atoms with E-state index in [1.54, 1.807) is 6.20 Å². The van der Waals surface area contributed by atoms with Crippen LogP contribution in [0, 0.1) is 6.92 Å². The number of halogens is 1. The van der Waals surface area contributed by atoms with Crippen LogP contribution in [-0.2, 0) is 0 Å². The largest absolute Gasteiger partial charge is 0.382 e. The predicted molar refractivity (Wildman–Crippen MR) is 105 cm³/mol. The van der Waals surface area contributed by atoms with E-state index in [2.05, 4.69) is 14.9 Å². The molecule has 0 bridgehead atoms. The summed E-state index contributed by atoms with van der Waals surface area (Å²) in [6.45, 7) is 2.95. The molecule has 6 nitrogen and oxygen atoms in total. The second-order valence-electron chi connectivity index (χ2n) is 5.14. The first-order valence-electron chi connectivity index (χ1n) is 7.33. The van der Waals surface area contributed by atoms with E-state index in [4.69, 9.17) is 28.1 Å². The van der Waals surface area contributed by atoms with Gasteiger partial charge in [-0.15, -0.1) is 11.4 Å². The van der Waals surface area contributed by atoms with Gasteiger partial charge in [0.05, 0.1) is 22.8 Å². The minimum Gasteiger partial charge on any atom is -0.382 e. The lowest BCUT2D eigenvalue weighted by Crippen LogP contribution is -2.30. The molecule has 1 unspecified atom stereocenters. The Hall–Kier alpha value is -0.790. The first kappa shape index (κ1) is 18.0. The maximum absolute atomic E-state index is 6.20. The zero-order valence-electron chi connectivity index (χ0n) is 13.1. The summed E-state index contributed by atoms with van der Waals surface area (Å²) in [5.74, 6) is 2.16. The highest BCUT2D eigenvalue weighted by molar-refractivity contribution is 8.55. The Bertz CT molecular complexity index is 726. The Morgan fingerprint density at radius 3 is 2.96 bits per heavy atom. The van der Waals surface area contributed by atoms with Crippen LogP contribution in [0.4, 0.5) is 11.6 Å². The average molecular weight is 401 g/mol. The zero-order chi connectivity index (χ0) is 17.1. The number of aromatic nitrogens is 3. The van der Waals surface area contributed by atoms with Crippen molar-refractivity contribution in [3.63, 3.8) is 0 Å². The third-order valence-electron chi connectivity index (χ3n) is 3.52. The molecule has 0 aromatic carbocycles. The molecule has 0 aliphatic carbocycles. The number of nitrogen functional groups attached to an aromatic ring is 1. The van der Waals surface area contributed by atoms with E-state index in [-0.39, 0.29) is 7.12 Å². The number of nitrogens with zero attached hydrogens (tertiary/aromatic N) is 4. The van der Waals surface area contributed by atoms with Crippen molar-refractivity contribution in [3.05, 3.63) is 29.2 Å². The van der Waals surface area contributed by atoms with Crippen LogP contribution in [0.1, 0.15) is 5.69 Å². The van der Waals surface area contributed by atoms with Gasteiger partial charge in [0, 0.05) is 23.9 Å². The first-order chi connectivity index (χ1) is 11.6. The van der Waals surface area contributed by atoms with Gasteiger partial charge in [0.2, 0.25) is 0 Å². The van der Waals surface area contributed by atoms with Gasteiger partial charge in [-0.05, 0) is 26.3 Å². The number of pyridine rings is 1. The predicted octanol–water partition coefficient (Wildman–Crippen LogP) is 3.39. The van der Waals surface area contributed by atoms with Crippen LogP contribution in [-0.4, -0.2) is 39.8 Å². The van der Waals surface area contributed by atoms with Crippen molar-refractivity contribution in [1.82, 2.24) is 15.0 Å². The molecule has 10 heteroatoms. The number of rotatable bonds is 4. The lowest BCUT2D eigenvalue weighted by Gasteiger charge is -2.31. The molecular formula is C14H18ClN6PS2. The van der Waals surface area contributed by atoms with Gasteiger partial charge in [-0.25, -0.2) is 15.0 Å². The minimum absolute atomic E-state index is 0.0726. The summed E-state index contributed by atoms with van der Waals surface area (Å²) in [7, 11) is -0.0726. The molecule has 4 N–H and O–H groups in total. The van der Waals surface area contributed by atoms with Crippen molar-refractivity contribution in [1.29, 1.82) is 0 Å². The lowest BCUT2D eigenvalue weighted by molar-refractivity contribution is 0.877. The Morgan fingerprint density at radius 1 is 1.46 bits per heavy atom. The van der Waals surface area contributed by atoms with Crippen molar-refractivity contribution >= 4 is 53.5 Å². The highest BCUT2D eigenvalue weighted by Gasteiger charge is 2.20. The summed E-state index contributed by atoms with van der Waals surface area (Å²) in [5, 5.41) is 1.27. The molecule has 1 atom stereocenters. The Kier molecular flexibility index (Phi) is 6.05. The van der Waals surface area contributed by atoms with E-state index in [1.807, 2.05) is 30.6 Å². The van der Waals surface area contributed by atoms with Crippen molar-refractivity contribution in [3.8, 4) is 0 Å². The molecule has 2 aromatic heterocycles. The number of aryl methyl sites for hydroxylation is 1. The third-order valence-corrected chi connectivity index (χ3v) is 9.52. The van der Waals surface area contributed by atoms with Gasteiger partial charge in [-0.1, -0.05) is 23.4 Å². The van der Waals surface area contributed by atoms with Gasteiger partial charge in [-0.3, -0.25) is 0 Å². The molecule has 1 saturated heterocycles. The van der Waals surface area contributed by atoms with Gasteiger partial charge in [0.25, 0.3) is 0 Å². The highest BCUT2D eigenvalue weighted by atomic mass is 35.5. The normalized spacial score (nSPS) is 18.0. The fraction of sp³-hybridized carbons (Fsp3) is 0.357. The zero-order valence-corrected chi connectivity index (χ0v) is 16.4. The third kappa shape index (κ3) is 4.06. The molecular weight excluding hydrogens is 383 g/mol. The SMILES string of the molecule is Cc1nc(N2CCP(CN)SC2)cnc1Sc1ccnc(N)c1Cl. The molecule has 1 aliphatic rings. The van der Waals surface area contributed by atoms with Crippen LogP contribution in [0.2, 0.25) is 5.02 Å². The van der Waals surface area contributed by atoms with Gasteiger partial charge in [-0.2, -0.15) is 0 Å². The molecule has 0 radical (unpaired) electrons. The van der Waals surface area contributed by atoms with E-state index in [9.17, 15) is 0 Å². The highest BCUT2D eigenvalue weighted by Crippen LogP contribution is 2.51. The summed E-state index contributed by atoms with van der Waals surface area (Å²) in [6.07, 6.45) is 5.40. The quantitative estimate of drug-likeness (QED) is 0.754. The Labute approximate surface area is 155 Å². The van der Waals surface area contributed by atoms with Crippen LogP contribution < -0.4 is 16.4 Å². The maximum Gasteiger partial charge on any atom is 0.148 e. The number of hydrogen-bond acceptors (Lipinski definition) is 8. The maximum atomic E-state index is 6.20. The summed E-state index contributed by atoms with van der Waals surface area (Å²) in [6, 6.07) is 1.83. The average Bonchev–Trinajstić information content (AvgIpc) is 2.60. The molecule has 128 valence electrons. The lowest BCUT2D eigenvalue weighted by atomic mass is 10.4. The van der Waals surface area contributed by atoms with Crippen molar-refractivity contribution in [2.45, 2.75) is 16.8 Å². The van der Waals surface area contributed by atoms with E-state index in [0.29, 0.717) is 10.8 Å². The van der Waals surface area contributed by atoms with Gasteiger partial charge >= 0.3 is 0 Å². The van der Waals surface area contributed by atoms with Crippen LogP contribution in [0.5, 0.6) is 0 Å². The second-order valence-corrected chi connectivity index (χ2v) is 11.2. The fourth-order valence-corrected chi connectivity index (χ4v) is 6.53. The van der Waals surface area contributed by atoms with E-state index >= 15 is 0 Å². The molecule has 2 aromatic rings. The first-order valence-corrected chi connectivity index (χ1v) is 11.8. The number of hydrogen-bond donors (Lipinski definition) is 2. The van der Waals surface area contributed by atoms with Crippen molar-refractivity contribution in [2.75, 3.05) is 35.5 Å². The van der Waals surface area contributed by atoms with Crippen LogP contribution >= 0.6 is 41.9 Å². The second kappa shape index (κ2) is 8.06. The molecule has 0 spiro atoms. The molecule has 1 fully saturated rings. The minimum atomic E-state index is -0.0726. The van der Waals surface area contributed by atoms with Crippen LogP contribution in [0.15, 0.2) is 28.4 Å². The van der Waals surface area contributed by atoms with Crippen LogP contribution in [0.3, 0.4) is 0 Å². The summed E-state index contributed by atoms with van der Waals surface area (Å²) in [4.78, 5) is 16.3. The standard InChI is InChI=1S/C14H18ClN6PS2/c1-9-14(24-10-2-3-18-13(17)12(10)15)19-6-11(20-9)21-4-5-22(7-16)23-8-21/h2-3,6H,4-5,7-8,16H2,1H3,(H2,17,18). The topological polar surface area (TPSA) is 94.0 Å². The molecule has 0 saturated carbocycles. The molecule has 0 amide bonds. The van der Waals surface area contributed by atoms with E-state index in [0.717, 1.165) is 46.3 Å². The molecule has 3 rings (SSSR count). The molecule has 3 heterocycles. The van der Waals surface area contributed by atoms with Crippen LogP contribution in [0.25, 0.3) is 0 Å². The summed E-state index contributed by atoms with van der Waals surface area (Å²) < 4.78 is 0. The Balaban J connectivity index is 1.74. The monoisotopic (exact) mass is 400 g/mol. The number of anilines is 2. The molecule has 24 heavy (non-hydrogen) atoms. The van der Waals surface area contributed by atoms with Gasteiger partial charge < -0.3 is 16.4 Å². The molecule has 1 aliphatic heterocycles. The van der Waals surface area contributed by atoms with E-state index in [1.165, 1.54) is 11.8 Å². The summed E-state index contributed by atoms with van der Waals surface area (Å²) in [5.41, 5.74) is 12.4. The van der Waals surface area contributed by atoms with E-state index < -0.39 is 0 Å². The van der Waals surface area contributed by atoms with Crippen molar-refractivity contribution in [2.24, 2.45) is 5.73 Å². The fourth-order valence-electron chi connectivity index (χ4n) is 2.17. The number of nitrogens with two attached hydrogens (primary N) is 2. The Morgan fingerprint density at radius 2 is 2.29 bits per heavy atom. The van der Waals surface area contributed by atoms with Gasteiger partial charge in [0.1, 0.15) is 16.7 Å². The smallest absolute Gasteiger partial charge is 0.148 e. The van der Waals surface area contributed by atoms with Gasteiger partial charge in [0.15, 0.2) is 0 Å².